The summed E-state index contributed by atoms with van der Waals surface area (Å²) >= 11 is 0. The molecule has 0 aliphatic carbocycles. The summed E-state index contributed by atoms with van der Waals surface area (Å²) in [6.45, 7) is 6.83. The second-order valence-corrected chi connectivity index (χ2v) is 2.72. The first-order valence-electron chi connectivity index (χ1n) is 4.01. The van der Waals surface area contributed by atoms with E-state index in [1.54, 1.807) is 6.07 Å². The SMILES string of the molecule is [C-]#[N+]c1ccn(-c2ccccc2)c1. The van der Waals surface area contributed by atoms with Gasteiger partial charge < -0.3 is 4.57 Å². The Labute approximate surface area is 76.9 Å². The van der Waals surface area contributed by atoms with Gasteiger partial charge in [-0.25, -0.2) is 4.85 Å². The third-order valence-electron chi connectivity index (χ3n) is 1.86. The molecule has 2 aromatic rings. The molecule has 0 radical (unpaired) electrons. The molecule has 13 heavy (non-hydrogen) atoms. The van der Waals surface area contributed by atoms with Gasteiger partial charge in [0.05, 0.1) is 6.57 Å². The van der Waals surface area contributed by atoms with Gasteiger partial charge in [0.15, 0.2) is 0 Å². The van der Waals surface area contributed by atoms with Crippen molar-refractivity contribution in [1.82, 2.24) is 4.57 Å². The Hall–Kier alpha value is -2.01. The van der Waals surface area contributed by atoms with E-state index in [0.29, 0.717) is 5.69 Å². The molecule has 0 atom stereocenters. The number of benzene rings is 1. The summed E-state index contributed by atoms with van der Waals surface area (Å²) in [4.78, 5) is 3.35. The summed E-state index contributed by atoms with van der Waals surface area (Å²) in [7, 11) is 0. The van der Waals surface area contributed by atoms with Gasteiger partial charge in [-0.1, -0.05) is 18.2 Å². The first-order chi connectivity index (χ1) is 6.40. The molecule has 1 aromatic heterocycles. The molecule has 0 spiro atoms. The topological polar surface area (TPSA) is 9.29 Å². The van der Waals surface area contributed by atoms with Crippen molar-refractivity contribution < 1.29 is 0 Å². The Morgan fingerprint density at radius 3 is 2.46 bits per heavy atom. The second-order valence-electron chi connectivity index (χ2n) is 2.72. The highest BCUT2D eigenvalue weighted by atomic mass is 15.0. The molecule has 0 aliphatic rings. The minimum Gasteiger partial charge on any atom is -0.335 e. The average Bonchev–Trinajstić information content (AvgIpc) is 2.67. The van der Waals surface area contributed by atoms with Crippen LogP contribution in [-0.2, 0) is 0 Å². The summed E-state index contributed by atoms with van der Waals surface area (Å²) in [6.07, 6.45) is 3.71. The largest absolute Gasteiger partial charge is 0.335 e. The van der Waals surface area contributed by atoms with E-state index in [9.17, 15) is 0 Å². The lowest BCUT2D eigenvalue weighted by Gasteiger charge is -2.00. The zero-order valence-electron chi connectivity index (χ0n) is 7.01. The van der Waals surface area contributed by atoms with E-state index < -0.39 is 0 Å². The van der Waals surface area contributed by atoms with E-state index in [0.717, 1.165) is 5.69 Å². The van der Waals surface area contributed by atoms with Gasteiger partial charge in [0.25, 0.3) is 0 Å². The highest BCUT2D eigenvalue weighted by molar-refractivity contribution is 5.46. The quantitative estimate of drug-likeness (QED) is 0.579. The van der Waals surface area contributed by atoms with E-state index in [4.69, 9.17) is 6.57 Å². The summed E-state index contributed by atoms with van der Waals surface area (Å²) in [5, 5.41) is 0. The molecule has 0 saturated carbocycles. The van der Waals surface area contributed by atoms with Crippen LogP contribution in [0.5, 0.6) is 0 Å². The average molecular weight is 168 g/mol. The molecule has 2 nitrogen and oxygen atoms in total. The summed E-state index contributed by atoms with van der Waals surface area (Å²) in [5.74, 6) is 0. The molecule has 0 amide bonds. The first kappa shape index (κ1) is 7.63. The van der Waals surface area contributed by atoms with Crippen molar-refractivity contribution in [2.75, 3.05) is 0 Å². The molecule has 0 unspecified atom stereocenters. The number of hydrogen-bond acceptors (Lipinski definition) is 0. The van der Waals surface area contributed by atoms with Crippen molar-refractivity contribution in [2.24, 2.45) is 0 Å². The maximum absolute atomic E-state index is 6.83. The standard InChI is InChI=1S/C11H8N2/c1-12-10-7-8-13(9-10)11-5-3-2-4-6-11/h2-9H. The molecule has 2 heteroatoms. The van der Waals surface area contributed by atoms with Gasteiger partial charge in [0.1, 0.15) is 0 Å². The van der Waals surface area contributed by atoms with Crippen LogP contribution < -0.4 is 0 Å². The van der Waals surface area contributed by atoms with Crippen LogP contribution >= 0.6 is 0 Å². The Kier molecular flexibility index (Phi) is 1.85. The molecular weight excluding hydrogens is 160 g/mol. The van der Waals surface area contributed by atoms with E-state index in [-0.39, 0.29) is 0 Å². The predicted molar refractivity (Wildman–Crippen MR) is 52.0 cm³/mol. The first-order valence-corrected chi connectivity index (χ1v) is 4.01. The number of aromatic nitrogens is 1. The van der Waals surface area contributed by atoms with Crippen LogP contribution in [0.15, 0.2) is 48.8 Å². The highest BCUT2D eigenvalue weighted by Gasteiger charge is 1.96. The molecule has 1 aromatic carbocycles. The number of rotatable bonds is 1. The molecule has 0 N–H and O–H groups in total. The lowest BCUT2D eigenvalue weighted by molar-refractivity contribution is 1.08. The summed E-state index contributed by atoms with van der Waals surface area (Å²) in [5.41, 5.74) is 1.75. The fourth-order valence-electron chi connectivity index (χ4n) is 1.21. The van der Waals surface area contributed by atoms with Crippen molar-refractivity contribution >= 4 is 5.69 Å². The van der Waals surface area contributed by atoms with E-state index in [1.165, 1.54) is 0 Å². The van der Waals surface area contributed by atoms with Crippen molar-refractivity contribution in [1.29, 1.82) is 0 Å². The second kappa shape index (κ2) is 3.16. The van der Waals surface area contributed by atoms with Crippen LogP contribution in [0.25, 0.3) is 10.5 Å². The van der Waals surface area contributed by atoms with Gasteiger partial charge in [0.2, 0.25) is 5.69 Å². The third-order valence-corrected chi connectivity index (χ3v) is 1.86. The van der Waals surface area contributed by atoms with Crippen LogP contribution in [0.4, 0.5) is 5.69 Å². The zero-order valence-corrected chi connectivity index (χ0v) is 7.01. The van der Waals surface area contributed by atoms with Crippen LogP contribution in [0.3, 0.4) is 0 Å². The number of hydrogen-bond donors (Lipinski definition) is 0. The van der Waals surface area contributed by atoms with Gasteiger partial charge >= 0.3 is 0 Å². The Balaban J connectivity index is 2.43. The molecule has 0 aliphatic heterocycles. The van der Waals surface area contributed by atoms with Crippen molar-refractivity contribution in [3.8, 4) is 5.69 Å². The molecule has 2 rings (SSSR count). The zero-order chi connectivity index (χ0) is 9.10. The van der Waals surface area contributed by atoms with Crippen LogP contribution in [0.1, 0.15) is 0 Å². The molecule has 1 heterocycles. The maximum Gasteiger partial charge on any atom is 0.204 e. The molecule has 62 valence electrons. The monoisotopic (exact) mass is 168 g/mol. The van der Waals surface area contributed by atoms with E-state index in [2.05, 4.69) is 4.85 Å². The van der Waals surface area contributed by atoms with Gasteiger partial charge in [-0.3, -0.25) is 0 Å². The van der Waals surface area contributed by atoms with Crippen molar-refractivity contribution in [2.45, 2.75) is 0 Å². The Morgan fingerprint density at radius 1 is 1.08 bits per heavy atom. The molecule has 0 saturated heterocycles. The van der Waals surface area contributed by atoms with Gasteiger partial charge in [-0.2, -0.15) is 0 Å². The van der Waals surface area contributed by atoms with Crippen LogP contribution in [-0.4, -0.2) is 4.57 Å². The summed E-state index contributed by atoms with van der Waals surface area (Å²) in [6, 6.07) is 11.8. The number of nitrogens with zero attached hydrogens (tertiary/aromatic N) is 2. The van der Waals surface area contributed by atoms with Gasteiger partial charge in [-0.15, -0.1) is 0 Å². The number of para-hydroxylation sites is 1. The lowest BCUT2D eigenvalue weighted by Crippen LogP contribution is -1.86. The highest BCUT2D eigenvalue weighted by Crippen LogP contribution is 2.15. The Morgan fingerprint density at radius 2 is 1.85 bits per heavy atom. The van der Waals surface area contributed by atoms with E-state index in [1.807, 2.05) is 47.3 Å². The van der Waals surface area contributed by atoms with Crippen molar-refractivity contribution in [3.63, 3.8) is 0 Å². The van der Waals surface area contributed by atoms with Crippen LogP contribution in [0.2, 0.25) is 0 Å². The van der Waals surface area contributed by atoms with Crippen molar-refractivity contribution in [3.05, 3.63) is 60.2 Å². The van der Waals surface area contributed by atoms with Gasteiger partial charge in [-0.05, 0) is 24.4 Å². The third kappa shape index (κ3) is 1.45. The molecular formula is C11H8N2. The molecule has 0 fully saturated rings. The normalized spacial score (nSPS) is 9.46. The lowest BCUT2D eigenvalue weighted by atomic mass is 10.3. The van der Waals surface area contributed by atoms with Gasteiger partial charge in [0, 0.05) is 11.9 Å². The fourth-order valence-corrected chi connectivity index (χ4v) is 1.21. The van der Waals surface area contributed by atoms with Crippen LogP contribution in [0, 0.1) is 6.57 Å². The van der Waals surface area contributed by atoms with E-state index >= 15 is 0 Å². The fraction of sp³-hybridized carbons (Fsp3) is 0. The minimum absolute atomic E-state index is 0.670. The Bertz CT molecular complexity index is 435. The molecule has 0 bridgehead atoms. The predicted octanol–water partition coefficient (Wildman–Crippen LogP) is 3.03. The summed E-state index contributed by atoms with van der Waals surface area (Å²) < 4.78 is 1.94. The minimum atomic E-state index is 0.670. The smallest absolute Gasteiger partial charge is 0.204 e. The maximum atomic E-state index is 6.83.